The fraction of sp³-hybridized carbons (Fsp3) is 0.182. The molecule has 8 nitrogen and oxygen atoms in total. The van der Waals surface area contributed by atoms with Crippen LogP contribution in [-0.4, -0.2) is 23.5 Å². The van der Waals surface area contributed by atoms with Gasteiger partial charge in [-0.2, -0.15) is 9.49 Å². The van der Waals surface area contributed by atoms with Gasteiger partial charge < -0.3 is 0 Å². The van der Waals surface area contributed by atoms with Gasteiger partial charge in [0.15, 0.2) is 0 Å². The third kappa shape index (κ3) is 3.23. The molecule has 2 aromatic rings. The Morgan fingerprint density at radius 2 is 2.19 bits per heavy atom. The number of aromatic amines is 1. The molecule has 0 atom stereocenters. The Balaban J connectivity index is 2.35. The minimum atomic E-state index is -4.01. The number of halogens is 1. The van der Waals surface area contributed by atoms with Crippen LogP contribution in [0.25, 0.3) is 0 Å². The summed E-state index contributed by atoms with van der Waals surface area (Å²) in [4.78, 5) is 9.39. The quantitative estimate of drug-likeness (QED) is 0.636. The predicted octanol–water partition coefficient (Wildman–Crippen LogP) is 1.24. The molecule has 0 aliphatic heterocycles. The van der Waals surface area contributed by atoms with Gasteiger partial charge in [0.2, 0.25) is 15.8 Å². The first kappa shape index (κ1) is 15.1. The van der Waals surface area contributed by atoms with Gasteiger partial charge >= 0.3 is 5.69 Å². The van der Waals surface area contributed by atoms with Crippen LogP contribution < -0.4 is 4.72 Å². The molecule has 0 aliphatic rings. The second-order valence-corrected chi connectivity index (χ2v) is 5.97. The molecule has 0 saturated heterocycles. The van der Waals surface area contributed by atoms with Crippen LogP contribution in [0.4, 0.5) is 10.1 Å². The third-order valence-corrected chi connectivity index (χ3v) is 4.28. The highest BCUT2D eigenvalue weighted by Gasteiger charge is 2.24. The Morgan fingerprint density at radius 3 is 2.76 bits per heavy atom. The minimum absolute atomic E-state index is 0.0626. The smallest absolute Gasteiger partial charge is 0.281 e. The van der Waals surface area contributed by atoms with Crippen LogP contribution in [0.5, 0.6) is 0 Å². The van der Waals surface area contributed by atoms with E-state index in [1.54, 1.807) is 6.07 Å². The maximum Gasteiger partial charge on any atom is 0.306 e. The summed E-state index contributed by atoms with van der Waals surface area (Å²) in [7, 11) is -4.01. The summed E-state index contributed by atoms with van der Waals surface area (Å²) >= 11 is 0. The summed E-state index contributed by atoms with van der Waals surface area (Å²) in [5.41, 5.74) is -0.287. The van der Waals surface area contributed by atoms with Gasteiger partial charge in [0.25, 0.3) is 0 Å². The molecule has 21 heavy (non-hydrogen) atoms. The van der Waals surface area contributed by atoms with Crippen molar-refractivity contribution in [1.82, 2.24) is 14.9 Å². The molecule has 2 rings (SSSR count). The SMILES string of the molecule is Cc1cc(F)c([N+](=O)[O-])cc1S(=O)(=O)NCc1ccn[nH]1. The van der Waals surface area contributed by atoms with Crippen LogP contribution in [0, 0.1) is 22.9 Å². The van der Waals surface area contributed by atoms with Crippen molar-refractivity contribution in [3.63, 3.8) is 0 Å². The van der Waals surface area contributed by atoms with Crippen LogP contribution in [0.2, 0.25) is 0 Å². The van der Waals surface area contributed by atoms with Gasteiger partial charge in [0.05, 0.1) is 22.1 Å². The molecule has 0 saturated carbocycles. The first-order valence-corrected chi connectivity index (χ1v) is 7.22. The van der Waals surface area contributed by atoms with Gasteiger partial charge in [-0.05, 0) is 24.6 Å². The van der Waals surface area contributed by atoms with Crippen LogP contribution in [0.1, 0.15) is 11.3 Å². The number of nitro benzene ring substituents is 1. The Kier molecular flexibility index (Phi) is 4.00. The van der Waals surface area contributed by atoms with E-state index in [1.807, 2.05) is 0 Å². The van der Waals surface area contributed by atoms with E-state index in [0.29, 0.717) is 11.8 Å². The molecule has 0 radical (unpaired) electrons. The molecular formula is C11H11FN4O4S. The Hall–Kier alpha value is -2.33. The molecule has 0 aliphatic carbocycles. The van der Waals surface area contributed by atoms with Crippen LogP contribution >= 0.6 is 0 Å². The van der Waals surface area contributed by atoms with E-state index in [0.717, 1.165) is 6.07 Å². The molecular weight excluding hydrogens is 303 g/mol. The highest BCUT2D eigenvalue weighted by atomic mass is 32.2. The highest BCUT2D eigenvalue weighted by Crippen LogP contribution is 2.25. The van der Waals surface area contributed by atoms with Gasteiger partial charge in [0.1, 0.15) is 0 Å². The Bertz CT molecular complexity index is 774. The Morgan fingerprint density at radius 1 is 1.48 bits per heavy atom. The second kappa shape index (κ2) is 5.58. The molecule has 1 heterocycles. The first-order chi connectivity index (χ1) is 9.81. The van der Waals surface area contributed by atoms with Crippen LogP contribution in [0.15, 0.2) is 29.3 Å². The van der Waals surface area contributed by atoms with Gasteiger partial charge in [-0.1, -0.05) is 0 Å². The normalized spacial score (nSPS) is 11.5. The van der Waals surface area contributed by atoms with E-state index in [4.69, 9.17) is 0 Å². The number of hydrogen-bond donors (Lipinski definition) is 2. The number of hydrogen-bond acceptors (Lipinski definition) is 5. The lowest BCUT2D eigenvalue weighted by Gasteiger charge is -2.09. The van der Waals surface area contributed by atoms with E-state index >= 15 is 0 Å². The lowest BCUT2D eigenvalue weighted by atomic mass is 10.2. The molecule has 0 unspecified atom stereocenters. The van der Waals surface area contributed by atoms with E-state index in [2.05, 4.69) is 14.9 Å². The fourth-order valence-corrected chi connectivity index (χ4v) is 2.96. The molecule has 1 aromatic carbocycles. The number of nitrogens with one attached hydrogen (secondary N) is 2. The van der Waals surface area contributed by atoms with Gasteiger partial charge in [-0.3, -0.25) is 15.2 Å². The number of sulfonamides is 1. The fourth-order valence-electron chi connectivity index (χ4n) is 1.71. The van der Waals surface area contributed by atoms with Crippen LogP contribution in [0.3, 0.4) is 0 Å². The Labute approximate surface area is 119 Å². The van der Waals surface area contributed by atoms with Crippen molar-refractivity contribution in [3.8, 4) is 0 Å². The number of rotatable bonds is 5. The molecule has 0 spiro atoms. The summed E-state index contributed by atoms with van der Waals surface area (Å²) in [6.07, 6.45) is 1.46. The zero-order chi connectivity index (χ0) is 15.6. The summed E-state index contributed by atoms with van der Waals surface area (Å²) in [6.45, 7) is 1.30. The third-order valence-electron chi connectivity index (χ3n) is 2.74. The highest BCUT2D eigenvalue weighted by molar-refractivity contribution is 7.89. The van der Waals surface area contributed by atoms with Crippen molar-refractivity contribution in [3.05, 3.63) is 51.6 Å². The van der Waals surface area contributed by atoms with Crippen molar-refractivity contribution < 1.29 is 17.7 Å². The van der Waals surface area contributed by atoms with Crippen molar-refractivity contribution in [2.75, 3.05) is 0 Å². The second-order valence-electron chi connectivity index (χ2n) is 4.23. The van der Waals surface area contributed by atoms with Crippen molar-refractivity contribution >= 4 is 15.7 Å². The van der Waals surface area contributed by atoms with Crippen molar-refractivity contribution in [1.29, 1.82) is 0 Å². The predicted molar refractivity (Wildman–Crippen MR) is 70.4 cm³/mol. The largest absolute Gasteiger partial charge is 0.306 e. The lowest BCUT2D eigenvalue weighted by molar-refractivity contribution is -0.387. The molecule has 0 bridgehead atoms. The number of benzene rings is 1. The minimum Gasteiger partial charge on any atom is -0.281 e. The summed E-state index contributed by atoms with van der Waals surface area (Å²) < 4.78 is 40.0. The van der Waals surface area contributed by atoms with E-state index < -0.39 is 26.5 Å². The van der Waals surface area contributed by atoms with Gasteiger partial charge in [-0.25, -0.2) is 13.1 Å². The maximum atomic E-state index is 13.4. The van der Waals surface area contributed by atoms with E-state index in [1.165, 1.54) is 13.1 Å². The average Bonchev–Trinajstić information content (AvgIpc) is 2.88. The van der Waals surface area contributed by atoms with Crippen molar-refractivity contribution in [2.45, 2.75) is 18.4 Å². The number of aromatic nitrogens is 2. The number of nitrogens with zero attached hydrogens (tertiary/aromatic N) is 2. The van der Waals surface area contributed by atoms with Crippen molar-refractivity contribution in [2.24, 2.45) is 0 Å². The number of H-pyrrole nitrogens is 1. The molecule has 10 heteroatoms. The van der Waals surface area contributed by atoms with Gasteiger partial charge in [0, 0.05) is 12.3 Å². The monoisotopic (exact) mass is 314 g/mol. The zero-order valence-electron chi connectivity index (χ0n) is 10.8. The summed E-state index contributed by atoms with van der Waals surface area (Å²) in [6, 6.07) is 3.10. The first-order valence-electron chi connectivity index (χ1n) is 5.73. The molecule has 0 fully saturated rings. The number of aryl methyl sites for hydroxylation is 1. The summed E-state index contributed by atoms with van der Waals surface area (Å²) in [5.74, 6) is -1.08. The lowest BCUT2D eigenvalue weighted by Crippen LogP contribution is -2.24. The number of nitro groups is 1. The molecule has 2 N–H and O–H groups in total. The average molecular weight is 314 g/mol. The summed E-state index contributed by atoms with van der Waals surface area (Å²) in [5, 5.41) is 16.9. The van der Waals surface area contributed by atoms with E-state index in [9.17, 15) is 22.9 Å². The van der Waals surface area contributed by atoms with Crippen LogP contribution in [-0.2, 0) is 16.6 Å². The maximum absolute atomic E-state index is 13.4. The van der Waals surface area contributed by atoms with E-state index in [-0.39, 0.29) is 17.0 Å². The standard InChI is InChI=1S/C11H11FN4O4S/c1-7-4-9(12)10(16(17)18)5-11(7)21(19,20)14-6-8-2-3-13-15-8/h2-5,14H,6H2,1H3,(H,13,15). The molecule has 1 aromatic heterocycles. The molecule has 0 amide bonds. The zero-order valence-corrected chi connectivity index (χ0v) is 11.6. The topological polar surface area (TPSA) is 118 Å². The van der Waals surface area contributed by atoms with Gasteiger partial charge in [-0.15, -0.1) is 0 Å². The molecule has 112 valence electrons.